The monoisotopic (exact) mass is 414 g/mol. The molecule has 0 spiro atoms. The van der Waals surface area contributed by atoms with Crippen LogP contribution in [0.4, 0.5) is 0 Å². The van der Waals surface area contributed by atoms with Gasteiger partial charge >= 0.3 is 5.97 Å². The summed E-state index contributed by atoms with van der Waals surface area (Å²) in [5.74, 6) is 1.05. The number of para-hydroxylation sites is 1. The van der Waals surface area contributed by atoms with Crippen LogP contribution in [0.15, 0.2) is 24.3 Å². The van der Waals surface area contributed by atoms with E-state index in [0.29, 0.717) is 0 Å². The van der Waals surface area contributed by atoms with E-state index in [1.807, 2.05) is 0 Å². The lowest BCUT2D eigenvalue weighted by Gasteiger charge is -2.59. The lowest BCUT2D eigenvalue weighted by atomic mass is 9.48. The molecule has 7 nitrogen and oxygen atoms in total. The van der Waals surface area contributed by atoms with Crippen molar-refractivity contribution in [2.24, 2.45) is 28.9 Å². The summed E-state index contributed by atoms with van der Waals surface area (Å²) in [6.07, 6.45) is 7.68. The molecule has 0 aliphatic heterocycles. The summed E-state index contributed by atoms with van der Waals surface area (Å²) < 4.78 is 10.4. The van der Waals surface area contributed by atoms with E-state index in [1.165, 1.54) is 44.6 Å². The first-order valence-corrected chi connectivity index (χ1v) is 10.8. The Morgan fingerprint density at radius 2 is 1.67 bits per heavy atom. The van der Waals surface area contributed by atoms with Gasteiger partial charge in [-0.1, -0.05) is 12.1 Å². The van der Waals surface area contributed by atoms with Crippen LogP contribution in [0.3, 0.4) is 0 Å². The van der Waals surface area contributed by atoms with E-state index < -0.39 is 18.5 Å². The Morgan fingerprint density at radius 3 is 2.27 bits per heavy atom. The third-order valence-electron chi connectivity index (χ3n) is 7.24. The molecule has 162 valence electrons. The SMILES string of the molecule is C[C@H](NC(=O)COC(=O)COc1ccccc1C(N)=O)C12CC3CC(CC(C3)C1)C2. The summed E-state index contributed by atoms with van der Waals surface area (Å²) in [6.45, 7) is 1.36. The van der Waals surface area contributed by atoms with E-state index in [9.17, 15) is 14.4 Å². The van der Waals surface area contributed by atoms with Crippen molar-refractivity contribution in [3.63, 3.8) is 0 Å². The Balaban J connectivity index is 1.23. The van der Waals surface area contributed by atoms with Crippen molar-refractivity contribution in [1.29, 1.82) is 0 Å². The number of ether oxygens (including phenoxy) is 2. The minimum Gasteiger partial charge on any atom is -0.481 e. The third-order valence-corrected chi connectivity index (χ3v) is 7.24. The maximum absolute atomic E-state index is 12.4. The Bertz CT molecular complexity index is 801. The maximum atomic E-state index is 12.4. The van der Waals surface area contributed by atoms with E-state index in [-0.39, 0.29) is 35.3 Å². The molecule has 4 saturated carbocycles. The second-order valence-corrected chi connectivity index (χ2v) is 9.38. The number of nitrogens with one attached hydrogen (secondary N) is 1. The van der Waals surface area contributed by atoms with Crippen molar-refractivity contribution in [1.82, 2.24) is 5.32 Å². The fourth-order valence-corrected chi connectivity index (χ4v) is 6.26. The zero-order valence-electron chi connectivity index (χ0n) is 17.4. The zero-order valence-corrected chi connectivity index (χ0v) is 17.4. The summed E-state index contributed by atoms with van der Waals surface area (Å²) in [5, 5.41) is 3.07. The van der Waals surface area contributed by atoms with E-state index >= 15 is 0 Å². The Kier molecular flexibility index (Phi) is 5.71. The standard InChI is InChI=1S/C23H30N2O5/c1-14(23-9-15-6-16(10-23)8-17(7-15)11-23)25-20(26)12-30-21(27)13-29-19-5-3-2-4-18(19)22(24)28/h2-5,14-17H,6-13H2,1H3,(H2,24,28)(H,25,26)/t14-,15?,16?,17?,23?/m0/s1. The largest absolute Gasteiger partial charge is 0.481 e. The molecule has 0 aromatic heterocycles. The van der Waals surface area contributed by atoms with Gasteiger partial charge in [-0.05, 0) is 80.8 Å². The Hall–Kier alpha value is -2.57. The number of rotatable bonds is 8. The van der Waals surface area contributed by atoms with Gasteiger partial charge in [-0.15, -0.1) is 0 Å². The molecular formula is C23H30N2O5. The van der Waals surface area contributed by atoms with Crippen molar-refractivity contribution in [2.75, 3.05) is 13.2 Å². The average Bonchev–Trinajstić information content (AvgIpc) is 2.70. The van der Waals surface area contributed by atoms with Crippen LogP contribution in [0.25, 0.3) is 0 Å². The first-order chi connectivity index (χ1) is 14.3. The molecule has 30 heavy (non-hydrogen) atoms. The number of hydrogen-bond donors (Lipinski definition) is 2. The molecular weight excluding hydrogens is 384 g/mol. The second kappa shape index (κ2) is 8.28. The summed E-state index contributed by atoms with van der Waals surface area (Å²) in [6, 6.07) is 6.47. The van der Waals surface area contributed by atoms with E-state index in [1.54, 1.807) is 18.2 Å². The number of primary amides is 1. The van der Waals surface area contributed by atoms with Gasteiger partial charge in [0.05, 0.1) is 5.56 Å². The fourth-order valence-electron chi connectivity index (χ4n) is 6.26. The highest BCUT2D eigenvalue weighted by atomic mass is 16.6. The molecule has 0 heterocycles. The predicted octanol–water partition coefficient (Wildman–Crippen LogP) is 2.43. The smallest absolute Gasteiger partial charge is 0.344 e. The second-order valence-electron chi connectivity index (χ2n) is 9.38. The highest BCUT2D eigenvalue weighted by Gasteiger charge is 2.53. The van der Waals surface area contributed by atoms with Gasteiger partial charge in [0, 0.05) is 6.04 Å². The molecule has 0 unspecified atom stereocenters. The molecule has 4 bridgehead atoms. The molecule has 4 aliphatic rings. The van der Waals surface area contributed by atoms with Gasteiger partial charge in [-0.3, -0.25) is 9.59 Å². The van der Waals surface area contributed by atoms with Crippen LogP contribution in [-0.4, -0.2) is 37.0 Å². The molecule has 7 heteroatoms. The molecule has 1 atom stereocenters. The summed E-state index contributed by atoms with van der Waals surface area (Å²) in [7, 11) is 0. The molecule has 4 aliphatic carbocycles. The van der Waals surface area contributed by atoms with Crippen molar-refractivity contribution in [3.05, 3.63) is 29.8 Å². The minimum absolute atomic E-state index is 0.0794. The number of amides is 2. The molecule has 1 aromatic carbocycles. The minimum atomic E-state index is -0.674. The zero-order chi connectivity index (χ0) is 21.3. The van der Waals surface area contributed by atoms with E-state index in [2.05, 4.69) is 12.2 Å². The molecule has 1 aromatic rings. The summed E-state index contributed by atoms with van der Waals surface area (Å²) in [5.41, 5.74) is 5.68. The molecule has 0 saturated heterocycles. The fraction of sp³-hybridized carbons (Fsp3) is 0.609. The quantitative estimate of drug-likeness (QED) is 0.635. The van der Waals surface area contributed by atoms with Gasteiger partial charge < -0.3 is 20.5 Å². The molecule has 0 radical (unpaired) electrons. The van der Waals surface area contributed by atoms with Crippen LogP contribution in [-0.2, 0) is 14.3 Å². The number of nitrogens with two attached hydrogens (primary N) is 1. The van der Waals surface area contributed by atoms with Crippen molar-refractivity contribution in [3.8, 4) is 5.75 Å². The van der Waals surface area contributed by atoms with Crippen LogP contribution in [0.5, 0.6) is 5.75 Å². The van der Waals surface area contributed by atoms with Gasteiger partial charge in [0.1, 0.15) is 5.75 Å². The lowest BCUT2D eigenvalue weighted by molar-refractivity contribution is -0.151. The first-order valence-electron chi connectivity index (χ1n) is 10.8. The van der Waals surface area contributed by atoms with Gasteiger partial charge in [-0.2, -0.15) is 0 Å². The maximum Gasteiger partial charge on any atom is 0.344 e. The average molecular weight is 415 g/mol. The normalized spacial score (nSPS) is 29.8. The molecule has 4 fully saturated rings. The Morgan fingerprint density at radius 1 is 1.07 bits per heavy atom. The van der Waals surface area contributed by atoms with Crippen molar-refractivity contribution in [2.45, 2.75) is 51.5 Å². The van der Waals surface area contributed by atoms with Gasteiger partial charge in [0.2, 0.25) is 0 Å². The van der Waals surface area contributed by atoms with Crippen LogP contribution in [0.1, 0.15) is 55.8 Å². The number of carbonyl (C=O) groups excluding carboxylic acids is 3. The first kappa shape index (κ1) is 20.7. The van der Waals surface area contributed by atoms with Gasteiger partial charge in [0.25, 0.3) is 11.8 Å². The highest BCUT2D eigenvalue weighted by molar-refractivity contribution is 5.95. The topological polar surface area (TPSA) is 108 Å². The van der Waals surface area contributed by atoms with Crippen molar-refractivity contribution >= 4 is 17.8 Å². The van der Waals surface area contributed by atoms with Crippen LogP contribution in [0, 0.1) is 23.2 Å². The van der Waals surface area contributed by atoms with Gasteiger partial charge in [-0.25, -0.2) is 4.79 Å². The summed E-state index contributed by atoms with van der Waals surface area (Å²) >= 11 is 0. The number of carbonyl (C=O) groups is 3. The van der Waals surface area contributed by atoms with Crippen LogP contribution < -0.4 is 15.8 Å². The molecule has 3 N–H and O–H groups in total. The Labute approximate surface area is 176 Å². The highest BCUT2D eigenvalue weighted by Crippen LogP contribution is 2.61. The van der Waals surface area contributed by atoms with Crippen LogP contribution >= 0.6 is 0 Å². The number of hydrogen-bond acceptors (Lipinski definition) is 5. The number of esters is 1. The molecule has 5 rings (SSSR count). The van der Waals surface area contributed by atoms with Crippen LogP contribution in [0.2, 0.25) is 0 Å². The predicted molar refractivity (Wildman–Crippen MR) is 110 cm³/mol. The van der Waals surface area contributed by atoms with E-state index in [0.717, 1.165) is 17.8 Å². The van der Waals surface area contributed by atoms with E-state index in [4.69, 9.17) is 15.2 Å². The summed E-state index contributed by atoms with van der Waals surface area (Å²) in [4.78, 5) is 35.7. The lowest BCUT2D eigenvalue weighted by Crippen LogP contribution is -2.56. The molecule has 2 amide bonds. The number of benzene rings is 1. The van der Waals surface area contributed by atoms with Gasteiger partial charge in [0.15, 0.2) is 13.2 Å². The third kappa shape index (κ3) is 4.30. The van der Waals surface area contributed by atoms with Crippen molar-refractivity contribution < 1.29 is 23.9 Å².